The van der Waals surface area contributed by atoms with Gasteiger partial charge in [-0.15, -0.1) is 0 Å². The van der Waals surface area contributed by atoms with Crippen LogP contribution in [0.5, 0.6) is 11.5 Å². The minimum atomic E-state index is -2.14. The lowest BCUT2D eigenvalue weighted by Crippen LogP contribution is -2.56. The lowest BCUT2D eigenvalue weighted by Gasteiger charge is -2.40. The average molecular weight is 587 g/mol. The lowest BCUT2D eigenvalue weighted by atomic mass is 9.64. The van der Waals surface area contributed by atoms with Crippen molar-refractivity contribution < 1.29 is 4.74 Å². The predicted octanol–water partition coefficient (Wildman–Crippen LogP) is 8.56. The number of aromatic nitrogens is 2. The molecule has 4 heteroatoms. The van der Waals surface area contributed by atoms with Crippen molar-refractivity contribution in [2.24, 2.45) is 0 Å². The Morgan fingerprint density at radius 2 is 1.27 bits per heavy atom. The van der Waals surface area contributed by atoms with Crippen molar-refractivity contribution in [1.82, 2.24) is 9.97 Å². The molecule has 6 aromatic rings. The smallest absolute Gasteiger partial charge is 0.127 e. The van der Waals surface area contributed by atoms with Crippen LogP contribution in [0.25, 0.3) is 22.5 Å². The lowest BCUT2D eigenvalue weighted by molar-refractivity contribution is 0.486. The van der Waals surface area contributed by atoms with Gasteiger partial charge in [0.25, 0.3) is 0 Å². The molecule has 4 aromatic carbocycles. The third kappa shape index (κ3) is 4.09. The van der Waals surface area contributed by atoms with Crippen LogP contribution in [0, 0.1) is 0 Å². The normalized spacial score (nSPS) is 15.7. The molecule has 2 aliphatic rings. The van der Waals surface area contributed by atoms with Gasteiger partial charge >= 0.3 is 0 Å². The molecule has 1 aliphatic carbocycles. The van der Waals surface area contributed by atoms with E-state index in [9.17, 15) is 0 Å². The number of hydrogen-bond acceptors (Lipinski definition) is 3. The molecule has 0 amide bonds. The van der Waals surface area contributed by atoms with Crippen molar-refractivity contribution in [2.75, 3.05) is 0 Å². The second kappa shape index (κ2) is 9.86. The topological polar surface area (TPSA) is 35.0 Å². The van der Waals surface area contributed by atoms with Crippen LogP contribution >= 0.6 is 0 Å². The second-order valence-electron chi connectivity index (χ2n) is 13.1. The molecule has 0 unspecified atom stereocenters. The molecule has 214 valence electrons. The van der Waals surface area contributed by atoms with Gasteiger partial charge in [-0.1, -0.05) is 93.7 Å². The van der Waals surface area contributed by atoms with Gasteiger partial charge in [-0.25, -0.2) is 4.98 Å². The summed E-state index contributed by atoms with van der Waals surface area (Å²) in [5.41, 5.74) is 10.9. The number of nitrogens with zero attached hydrogens (tertiary/aromatic N) is 2. The van der Waals surface area contributed by atoms with Gasteiger partial charge in [0, 0.05) is 34.9 Å². The molecule has 1 aliphatic heterocycles. The highest BCUT2D eigenvalue weighted by Gasteiger charge is 2.40. The van der Waals surface area contributed by atoms with Crippen molar-refractivity contribution in [3.8, 4) is 34.0 Å². The number of hydrogen-bond donors (Lipinski definition) is 0. The van der Waals surface area contributed by atoms with Crippen molar-refractivity contribution in [2.45, 2.75) is 38.3 Å². The molecule has 0 atom stereocenters. The Bertz CT molecular complexity index is 2020. The first-order valence-electron chi connectivity index (χ1n) is 15.4. The van der Waals surface area contributed by atoms with Crippen molar-refractivity contribution in [3.05, 3.63) is 155 Å². The molecule has 0 saturated heterocycles. The Labute approximate surface area is 260 Å². The van der Waals surface area contributed by atoms with Crippen molar-refractivity contribution >= 4 is 18.4 Å². The zero-order chi connectivity index (χ0) is 30.1. The maximum atomic E-state index is 6.62. The van der Waals surface area contributed by atoms with Gasteiger partial charge in [0.15, 0.2) is 0 Å². The Kier molecular flexibility index (Phi) is 6.01. The van der Waals surface area contributed by atoms with E-state index in [-0.39, 0.29) is 11.3 Å². The zero-order valence-electron chi connectivity index (χ0n) is 25.5. The van der Waals surface area contributed by atoms with Gasteiger partial charge in [-0.05, 0) is 86.7 Å². The molecule has 3 heterocycles. The molecule has 2 aromatic heterocycles. The van der Waals surface area contributed by atoms with Gasteiger partial charge < -0.3 is 4.74 Å². The van der Waals surface area contributed by atoms with Crippen LogP contribution in [0.15, 0.2) is 128 Å². The summed E-state index contributed by atoms with van der Waals surface area (Å²) in [6.07, 6.45) is 3.65. The van der Waals surface area contributed by atoms with E-state index in [1.807, 2.05) is 18.3 Å². The summed E-state index contributed by atoms with van der Waals surface area (Å²) in [6, 6.07) is 41.7. The van der Waals surface area contributed by atoms with E-state index in [1.54, 1.807) is 6.20 Å². The van der Waals surface area contributed by atoms with E-state index in [0.717, 1.165) is 34.0 Å². The van der Waals surface area contributed by atoms with Gasteiger partial charge in [0.05, 0.1) is 11.4 Å². The molecule has 0 saturated carbocycles. The van der Waals surface area contributed by atoms with E-state index in [0.29, 0.717) is 0 Å². The van der Waals surface area contributed by atoms with Crippen LogP contribution in [0.3, 0.4) is 0 Å². The van der Waals surface area contributed by atoms with Crippen molar-refractivity contribution in [1.29, 1.82) is 0 Å². The third-order valence-electron chi connectivity index (χ3n) is 9.78. The summed E-state index contributed by atoms with van der Waals surface area (Å²) in [6.45, 7) is 9.61. The van der Waals surface area contributed by atoms with E-state index in [4.69, 9.17) is 9.72 Å². The van der Waals surface area contributed by atoms with Gasteiger partial charge in [-0.3, -0.25) is 4.98 Å². The predicted molar refractivity (Wildman–Crippen MR) is 182 cm³/mol. The summed E-state index contributed by atoms with van der Waals surface area (Å²) in [5, 5.41) is 2.65. The molecular weight excluding hydrogens is 553 g/mol. The molecule has 0 bridgehead atoms. The van der Waals surface area contributed by atoms with E-state index >= 15 is 0 Å². The second-order valence-corrected chi connectivity index (χ2v) is 17.4. The number of fused-ring (bicyclic) bond motifs is 4. The van der Waals surface area contributed by atoms with Crippen molar-refractivity contribution in [3.63, 3.8) is 0 Å². The monoisotopic (exact) mass is 586 g/mol. The summed E-state index contributed by atoms with van der Waals surface area (Å²) in [4.78, 5) is 9.30. The van der Waals surface area contributed by atoms with Crippen LogP contribution < -0.4 is 15.1 Å². The highest BCUT2D eigenvalue weighted by molar-refractivity contribution is 7.01. The SMILES string of the molecule is CC1(C)c2ccccc2C(c2ccc3c(c2)[Si](C)(C)c2cc(-c4cccc(-c5cccnc5)n4)ccc2O3)c2ccccc21. The largest absolute Gasteiger partial charge is 0.458 e. The summed E-state index contributed by atoms with van der Waals surface area (Å²) in [5.74, 6) is 2.13. The number of benzene rings is 4. The van der Waals surface area contributed by atoms with Crippen LogP contribution in [-0.4, -0.2) is 18.0 Å². The maximum absolute atomic E-state index is 6.62. The molecule has 0 radical (unpaired) electrons. The first kappa shape index (κ1) is 26.8. The van der Waals surface area contributed by atoms with Gasteiger partial charge in [-0.2, -0.15) is 0 Å². The fourth-order valence-electron chi connectivity index (χ4n) is 7.41. The molecule has 0 spiro atoms. The first-order chi connectivity index (χ1) is 21.3. The Morgan fingerprint density at radius 3 is 1.95 bits per heavy atom. The third-order valence-corrected chi connectivity index (χ3v) is 13.3. The van der Waals surface area contributed by atoms with E-state index < -0.39 is 8.07 Å². The van der Waals surface area contributed by atoms with Crippen LogP contribution in [0.4, 0.5) is 0 Å². The summed E-state index contributed by atoms with van der Waals surface area (Å²) < 4.78 is 6.62. The number of ether oxygens (including phenoxy) is 1. The van der Waals surface area contributed by atoms with Gasteiger partial charge in [0.1, 0.15) is 19.6 Å². The number of pyridine rings is 2. The van der Waals surface area contributed by atoms with Crippen LogP contribution in [0.2, 0.25) is 13.1 Å². The minimum Gasteiger partial charge on any atom is -0.458 e. The van der Waals surface area contributed by atoms with Crippen LogP contribution in [0.1, 0.15) is 47.6 Å². The average Bonchev–Trinajstić information content (AvgIpc) is 3.06. The molecule has 0 fully saturated rings. The maximum Gasteiger partial charge on any atom is 0.127 e. The number of rotatable bonds is 3. The summed E-state index contributed by atoms with van der Waals surface area (Å²) in [7, 11) is -2.14. The fraction of sp³-hybridized carbons (Fsp3) is 0.150. The summed E-state index contributed by atoms with van der Waals surface area (Å²) >= 11 is 0. The molecule has 44 heavy (non-hydrogen) atoms. The molecule has 3 nitrogen and oxygen atoms in total. The minimum absolute atomic E-state index is 0.0489. The van der Waals surface area contributed by atoms with E-state index in [2.05, 4.69) is 135 Å². The highest BCUT2D eigenvalue weighted by atomic mass is 28.3. The standard InChI is InChI=1S/C40H34N2OSi/c1-40(2)31-14-7-5-12-29(31)39(30-13-6-8-15-32(30)40)27-19-21-36-38(24-27)44(3,4)37-23-26(18-20-35(37)43-36)33-16-9-17-34(42-33)28-11-10-22-41-25-28/h5-25,39H,1-4H3. The highest BCUT2D eigenvalue weighted by Crippen LogP contribution is 2.49. The Balaban J connectivity index is 1.23. The Hall–Kier alpha value is -4.80. The molecule has 0 N–H and O–H groups in total. The molecule has 8 rings (SSSR count). The van der Waals surface area contributed by atoms with E-state index in [1.165, 1.54) is 38.2 Å². The quantitative estimate of drug-likeness (QED) is 0.195. The van der Waals surface area contributed by atoms with Crippen LogP contribution in [-0.2, 0) is 5.41 Å². The zero-order valence-corrected chi connectivity index (χ0v) is 26.5. The first-order valence-corrected chi connectivity index (χ1v) is 18.4. The Morgan fingerprint density at radius 1 is 0.636 bits per heavy atom. The fourth-order valence-corrected chi connectivity index (χ4v) is 10.2. The van der Waals surface area contributed by atoms with Gasteiger partial charge in [0.2, 0.25) is 0 Å². The molecular formula is C40H34N2OSi.